The second-order valence-corrected chi connectivity index (χ2v) is 11.2. The van der Waals surface area contributed by atoms with Crippen molar-refractivity contribution in [3.8, 4) is 10.4 Å². The van der Waals surface area contributed by atoms with E-state index in [0.29, 0.717) is 40.4 Å². The smallest absolute Gasteiger partial charge is 0.416 e. The summed E-state index contributed by atoms with van der Waals surface area (Å²) >= 11 is 1.14. The fourth-order valence-electron chi connectivity index (χ4n) is 3.59. The number of nitrogens with zero attached hydrogens (tertiary/aromatic N) is 2. The van der Waals surface area contributed by atoms with E-state index in [9.17, 15) is 32.7 Å². The molecule has 0 unspecified atom stereocenters. The van der Waals surface area contributed by atoms with Gasteiger partial charge in [0.15, 0.2) is 0 Å². The third-order valence-corrected chi connectivity index (χ3v) is 6.70. The minimum Gasteiger partial charge on any atom is -0.478 e. The first kappa shape index (κ1) is 32.8. The van der Waals surface area contributed by atoms with E-state index in [1.165, 1.54) is 30.5 Å². The van der Waals surface area contributed by atoms with Crippen molar-refractivity contribution in [2.24, 2.45) is 15.9 Å². The fourth-order valence-corrected chi connectivity index (χ4v) is 4.50. The number of hydrogen-bond acceptors (Lipinski definition) is 8. The minimum atomic E-state index is -4.48. The van der Waals surface area contributed by atoms with Crippen molar-refractivity contribution in [3.05, 3.63) is 76.2 Å². The van der Waals surface area contributed by atoms with Crippen LogP contribution < -0.4 is 16.5 Å². The van der Waals surface area contributed by atoms with E-state index in [0.717, 1.165) is 23.5 Å². The SMILES string of the molecule is CC(C)(C)OC(=O)NCCCNC(=O)c1ccc(-c2cc(C(=O)O)cc(C(C=Nc3ccc(C(F)(F)F)cc3)=NN)c2)s1. The summed E-state index contributed by atoms with van der Waals surface area (Å²) < 4.78 is 43.6. The molecule has 5 N–H and O–H groups in total. The van der Waals surface area contributed by atoms with E-state index in [-0.39, 0.29) is 22.9 Å². The van der Waals surface area contributed by atoms with E-state index in [2.05, 4.69) is 20.7 Å². The van der Waals surface area contributed by atoms with Crippen LogP contribution in [0.2, 0.25) is 0 Å². The number of ether oxygens (including phenoxy) is 1. The summed E-state index contributed by atoms with van der Waals surface area (Å²) in [5.41, 5.74) is -0.445. The highest BCUT2D eigenvalue weighted by atomic mass is 32.1. The van der Waals surface area contributed by atoms with Crippen molar-refractivity contribution in [2.45, 2.75) is 39.0 Å². The molecule has 0 aliphatic heterocycles. The number of carboxylic acids is 1. The number of nitrogens with two attached hydrogens (primary N) is 1. The van der Waals surface area contributed by atoms with Crippen LogP contribution in [0, 0.1) is 0 Å². The first-order valence-corrected chi connectivity index (χ1v) is 13.7. The minimum absolute atomic E-state index is 0.0755. The summed E-state index contributed by atoms with van der Waals surface area (Å²) in [6.07, 6.45) is -3.33. The lowest BCUT2D eigenvalue weighted by Crippen LogP contribution is -2.34. The second-order valence-electron chi connectivity index (χ2n) is 10.1. The van der Waals surface area contributed by atoms with Gasteiger partial charge in [-0.3, -0.25) is 9.79 Å². The normalized spacial score (nSPS) is 12.3. The van der Waals surface area contributed by atoms with Crippen molar-refractivity contribution in [3.63, 3.8) is 0 Å². The number of halogens is 3. The molecule has 3 aromatic rings. The Morgan fingerprint density at radius 2 is 1.63 bits per heavy atom. The number of aromatic carboxylic acids is 1. The Kier molecular flexibility index (Phi) is 10.6. The number of rotatable bonds is 10. The molecule has 3 rings (SSSR count). The van der Waals surface area contributed by atoms with Gasteiger partial charge in [-0.25, -0.2) is 9.59 Å². The van der Waals surface area contributed by atoms with Gasteiger partial charge in [-0.1, -0.05) is 0 Å². The van der Waals surface area contributed by atoms with Crippen molar-refractivity contribution in [1.82, 2.24) is 10.6 Å². The molecule has 1 heterocycles. The number of benzene rings is 2. The lowest BCUT2D eigenvalue weighted by Gasteiger charge is -2.19. The summed E-state index contributed by atoms with van der Waals surface area (Å²) in [5, 5.41) is 18.7. The summed E-state index contributed by atoms with van der Waals surface area (Å²) in [4.78, 5) is 41.3. The standard InChI is InChI=1S/C29H30F3N5O5S/c1-28(2,3)42-27(41)35-12-4-11-34-25(38)24-10-9-23(43-24)18-13-17(14-19(15-18)26(39)40)22(37-33)16-36-21-7-5-20(6-8-21)29(30,31)32/h5-10,13-16H,4,11-12,33H2,1-3H3,(H,34,38)(H,35,41)(H,39,40). The maximum atomic E-state index is 12.8. The molecule has 0 saturated carbocycles. The molecule has 0 aliphatic rings. The number of amides is 2. The Balaban J connectivity index is 1.71. The van der Waals surface area contributed by atoms with Gasteiger partial charge in [-0.2, -0.15) is 18.3 Å². The third kappa shape index (κ3) is 9.95. The molecule has 0 fully saturated rings. The average Bonchev–Trinajstić information content (AvgIpc) is 3.42. The van der Waals surface area contributed by atoms with Crippen LogP contribution in [-0.4, -0.2) is 53.7 Å². The summed E-state index contributed by atoms with van der Waals surface area (Å²) in [5.74, 6) is 3.99. The Labute approximate surface area is 249 Å². The van der Waals surface area contributed by atoms with E-state index in [1.807, 2.05) is 0 Å². The van der Waals surface area contributed by atoms with E-state index in [1.54, 1.807) is 39.0 Å². The molecule has 1 aromatic heterocycles. The molecular formula is C29H30F3N5O5S. The number of carbonyl (C=O) groups is 3. The number of aliphatic imine (C=N–C) groups is 1. The predicted octanol–water partition coefficient (Wildman–Crippen LogP) is 5.84. The topological polar surface area (TPSA) is 155 Å². The van der Waals surface area contributed by atoms with E-state index < -0.39 is 29.4 Å². The van der Waals surface area contributed by atoms with E-state index in [4.69, 9.17) is 10.6 Å². The molecule has 0 saturated heterocycles. The molecule has 228 valence electrons. The molecule has 43 heavy (non-hydrogen) atoms. The molecule has 10 nitrogen and oxygen atoms in total. The fraction of sp³-hybridized carbons (Fsp3) is 0.276. The number of thiophene rings is 1. The van der Waals surface area contributed by atoms with Gasteiger partial charge in [-0.15, -0.1) is 11.3 Å². The molecule has 14 heteroatoms. The Morgan fingerprint density at radius 1 is 0.977 bits per heavy atom. The van der Waals surface area contributed by atoms with Gasteiger partial charge in [-0.05, 0) is 87.4 Å². The lowest BCUT2D eigenvalue weighted by molar-refractivity contribution is -0.137. The highest BCUT2D eigenvalue weighted by Gasteiger charge is 2.29. The molecule has 0 atom stereocenters. The van der Waals surface area contributed by atoms with Gasteiger partial charge < -0.3 is 26.3 Å². The van der Waals surface area contributed by atoms with Crippen LogP contribution in [0.3, 0.4) is 0 Å². The Bertz CT molecular complexity index is 1530. The van der Waals surface area contributed by atoms with Crippen LogP contribution in [-0.2, 0) is 10.9 Å². The van der Waals surface area contributed by atoms with Gasteiger partial charge in [0.05, 0.1) is 27.9 Å². The largest absolute Gasteiger partial charge is 0.478 e. The van der Waals surface area contributed by atoms with Crippen molar-refractivity contribution in [1.29, 1.82) is 0 Å². The third-order valence-electron chi connectivity index (χ3n) is 5.57. The van der Waals surface area contributed by atoms with Crippen LogP contribution in [0.25, 0.3) is 10.4 Å². The average molecular weight is 618 g/mol. The number of hydrogen-bond donors (Lipinski definition) is 4. The first-order valence-electron chi connectivity index (χ1n) is 12.9. The maximum Gasteiger partial charge on any atom is 0.416 e. The van der Waals surface area contributed by atoms with Crippen molar-refractivity contribution >= 4 is 46.9 Å². The number of carbonyl (C=O) groups excluding carboxylic acids is 2. The molecular weight excluding hydrogens is 587 g/mol. The Hall–Kier alpha value is -4.72. The van der Waals surface area contributed by atoms with Crippen LogP contribution in [0.5, 0.6) is 0 Å². The number of hydrazone groups is 1. The monoisotopic (exact) mass is 617 g/mol. The number of carboxylic acid groups (broad SMARTS) is 1. The molecule has 0 aliphatic carbocycles. The highest BCUT2D eigenvalue weighted by molar-refractivity contribution is 7.17. The molecule has 0 radical (unpaired) electrons. The van der Waals surface area contributed by atoms with E-state index >= 15 is 0 Å². The number of alkyl halides is 3. The molecule has 0 bridgehead atoms. The van der Waals surface area contributed by atoms with Crippen molar-refractivity contribution in [2.75, 3.05) is 13.1 Å². The van der Waals surface area contributed by atoms with Gasteiger partial charge in [0.2, 0.25) is 0 Å². The maximum absolute atomic E-state index is 12.8. The summed E-state index contributed by atoms with van der Waals surface area (Å²) in [6.45, 7) is 5.88. The summed E-state index contributed by atoms with van der Waals surface area (Å²) in [7, 11) is 0. The van der Waals surface area contributed by atoms with Gasteiger partial charge >= 0.3 is 18.2 Å². The lowest BCUT2D eigenvalue weighted by atomic mass is 10.0. The quantitative estimate of drug-likeness (QED) is 0.0969. The molecule has 2 aromatic carbocycles. The van der Waals surface area contributed by atoms with Crippen LogP contribution in [0.1, 0.15) is 58.3 Å². The van der Waals surface area contributed by atoms with Crippen LogP contribution in [0.4, 0.5) is 23.7 Å². The Morgan fingerprint density at radius 3 is 2.23 bits per heavy atom. The van der Waals surface area contributed by atoms with Crippen molar-refractivity contribution < 1.29 is 37.4 Å². The molecule has 2 amide bonds. The molecule has 0 spiro atoms. The number of nitrogens with one attached hydrogen (secondary N) is 2. The zero-order chi connectivity index (χ0) is 31.8. The summed E-state index contributed by atoms with van der Waals surface area (Å²) in [6, 6.07) is 11.8. The second kappa shape index (κ2) is 14.0. The zero-order valence-electron chi connectivity index (χ0n) is 23.5. The number of alkyl carbamates (subject to hydrolysis) is 1. The zero-order valence-corrected chi connectivity index (χ0v) is 24.3. The first-order chi connectivity index (χ1) is 20.2. The van der Waals surface area contributed by atoms with Gasteiger partial charge in [0.1, 0.15) is 11.3 Å². The van der Waals surface area contributed by atoms with Gasteiger partial charge in [0, 0.05) is 23.5 Å². The van der Waals surface area contributed by atoms with Crippen LogP contribution >= 0.6 is 11.3 Å². The highest BCUT2D eigenvalue weighted by Crippen LogP contribution is 2.31. The van der Waals surface area contributed by atoms with Gasteiger partial charge in [0.25, 0.3) is 5.91 Å². The predicted molar refractivity (Wildman–Crippen MR) is 158 cm³/mol. The van der Waals surface area contributed by atoms with Crippen LogP contribution in [0.15, 0.2) is 64.7 Å².